The highest BCUT2D eigenvalue weighted by molar-refractivity contribution is 6.16. The van der Waals surface area contributed by atoms with Crippen molar-refractivity contribution < 1.29 is 4.39 Å². The van der Waals surface area contributed by atoms with Gasteiger partial charge in [0.2, 0.25) is 0 Å². The molecule has 0 aliphatic carbocycles. The molecule has 20 heavy (non-hydrogen) atoms. The van der Waals surface area contributed by atoms with Crippen LogP contribution < -0.4 is 0 Å². The predicted molar refractivity (Wildman–Crippen MR) is 74.1 cm³/mol. The summed E-state index contributed by atoms with van der Waals surface area (Å²) in [7, 11) is 0. The predicted octanol–water partition coefficient (Wildman–Crippen LogP) is 3.21. The summed E-state index contributed by atoms with van der Waals surface area (Å²) in [4.78, 5) is 4.06. The Morgan fingerprint density at radius 2 is 2.05 bits per heavy atom. The topological polar surface area (TPSA) is 43.6 Å². The minimum Gasteiger partial charge on any atom is -0.278 e. The van der Waals surface area contributed by atoms with Crippen LogP contribution in [0.25, 0.3) is 17.1 Å². The highest BCUT2D eigenvalue weighted by atomic mass is 35.5. The van der Waals surface area contributed by atoms with Crippen LogP contribution in [-0.4, -0.2) is 19.7 Å². The summed E-state index contributed by atoms with van der Waals surface area (Å²) in [6.07, 6.45) is 3.35. The Hall–Kier alpha value is -2.27. The Kier molecular flexibility index (Phi) is 3.43. The van der Waals surface area contributed by atoms with Crippen molar-refractivity contribution >= 4 is 11.6 Å². The molecule has 0 aliphatic heterocycles. The second-order valence-corrected chi connectivity index (χ2v) is 4.40. The first kappa shape index (κ1) is 12.7. The summed E-state index contributed by atoms with van der Waals surface area (Å²) in [5.41, 5.74) is 1.42. The summed E-state index contributed by atoms with van der Waals surface area (Å²) in [5.74, 6) is 0.994. The van der Waals surface area contributed by atoms with Crippen molar-refractivity contribution in [2.45, 2.75) is 5.88 Å². The SMILES string of the molecule is Fc1cccc(-n2c(CCl)nnc2-c2cccnc2)c1. The van der Waals surface area contributed by atoms with Gasteiger partial charge < -0.3 is 0 Å². The third kappa shape index (κ3) is 2.28. The van der Waals surface area contributed by atoms with E-state index in [1.54, 1.807) is 35.2 Å². The van der Waals surface area contributed by atoms with Gasteiger partial charge in [-0.25, -0.2) is 4.39 Å². The van der Waals surface area contributed by atoms with E-state index in [0.29, 0.717) is 17.3 Å². The third-order valence-corrected chi connectivity index (χ3v) is 3.07. The first-order valence-electron chi connectivity index (χ1n) is 5.96. The van der Waals surface area contributed by atoms with Gasteiger partial charge in [-0.15, -0.1) is 21.8 Å². The molecule has 0 bridgehead atoms. The van der Waals surface area contributed by atoms with Gasteiger partial charge in [-0.05, 0) is 30.3 Å². The fraction of sp³-hybridized carbons (Fsp3) is 0.0714. The maximum Gasteiger partial charge on any atom is 0.170 e. The molecule has 0 aliphatic rings. The van der Waals surface area contributed by atoms with Crippen LogP contribution in [0.5, 0.6) is 0 Å². The van der Waals surface area contributed by atoms with Crippen molar-refractivity contribution in [3.63, 3.8) is 0 Å². The van der Waals surface area contributed by atoms with E-state index >= 15 is 0 Å². The van der Waals surface area contributed by atoms with Crippen molar-refractivity contribution in [1.82, 2.24) is 19.7 Å². The van der Waals surface area contributed by atoms with Gasteiger partial charge in [0.15, 0.2) is 11.6 Å². The number of pyridine rings is 1. The molecule has 0 spiro atoms. The zero-order valence-electron chi connectivity index (χ0n) is 10.4. The molecule has 0 atom stereocenters. The monoisotopic (exact) mass is 288 g/mol. The number of benzene rings is 1. The van der Waals surface area contributed by atoms with Crippen LogP contribution in [0, 0.1) is 5.82 Å². The van der Waals surface area contributed by atoms with Gasteiger partial charge in [-0.1, -0.05) is 6.07 Å². The van der Waals surface area contributed by atoms with Crippen molar-refractivity contribution in [3.05, 3.63) is 60.4 Å². The van der Waals surface area contributed by atoms with Crippen LogP contribution in [0.4, 0.5) is 4.39 Å². The largest absolute Gasteiger partial charge is 0.278 e. The molecule has 0 amide bonds. The highest BCUT2D eigenvalue weighted by Crippen LogP contribution is 2.23. The van der Waals surface area contributed by atoms with Crippen molar-refractivity contribution in [2.24, 2.45) is 0 Å². The Balaban J connectivity index is 2.21. The average Bonchev–Trinajstić information content (AvgIpc) is 2.92. The fourth-order valence-corrected chi connectivity index (χ4v) is 2.14. The smallest absolute Gasteiger partial charge is 0.170 e. The zero-order valence-corrected chi connectivity index (χ0v) is 11.1. The first-order chi connectivity index (χ1) is 9.79. The summed E-state index contributed by atoms with van der Waals surface area (Å²) < 4.78 is 15.2. The molecular formula is C14H10ClFN4. The van der Waals surface area contributed by atoms with Gasteiger partial charge in [0.1, 0.15) is 5.82 Å². The normalized spacial score (nSPS) is 10.7. The van der Waals surface area contributed by atoms with Gasteiger partial charge in [0, 0.05) is 18.0 Å². The minimum absolute atomic E-state index is 0.184. The van der Waals surface area contributed by atoms with E-state index in [9.17, 15) is 4.39 Å². The molecule has 0 saturated carbocycles. The lowest BCUT2D eigenvalue weighted by molar-refractivity contribution is 0.626. The number of aromatic nitrogens is 4. The molecule has 0 fully saturated rings. The maximum atomic E-state index is 13.4. The lowest BCUT2D eigenvalue weighted by atomic mass is 10.2. The quantitative estimate of drug-likeness (QED) is 0.695. The molecule has 3 aromatic rings. The standard InChI is InChI=1S/C14H10ClFN4/c15-8-13-18-19-14(10-3-2-6-17-9-10)20(13)12-5-1-4-11(16)7-12/h1-7,9H,8H2. The minimum atomic E-state index is -0.325. The summed E-state index contributed by atoms with van der Waals surface area (Å²) >= 11 is 5.89. The Labute approximate surface area is 119 Å². The molecule has 3 rings (SSSR count). The van der Waals surface area contributed by atoms with Crippen LogP contribution in [0.2, 0.25) is 0 Å². The molecule has 0 saturated heterocycles. The zero-order chi connectivity index (χ0) is 13.9. The fourth-order valence-electron chi connectivity index (χ4n) is 1.97. The van der Waals surface area contributed by atoms with E-state index in [1.165, 1.54) is 12.1 Å². The van der Waals surface area contributed by atoms with E-state index in [1.807, 2.05) is 6.07 Å². The number of alkyl halides is 1. The Morgan fingerprint density at radius 1 is 1.15 bits per heavy atom. The molecule has 2 heterocycles. The second-order valence-electron chi connectivity index (χ2n) is 4.13. The lowest BCUT2D eigenvalue weighted by Gasteiger charge is -2.09. The van der Waals surface area contributed by atoms with Gasteiger partial charge in [0.05, 0.1) is 11.6 Å². The number of halogens is 2. The van der Waals surface area contributed by atoms with Crippen LogP contribution >= 0.6 is 11.6 Å². The average molecular weight is 289 g/mol. The number of rotatable bonds is 3. The van der Waals surface area contributed by atoms with Gasteiger partial charge in [-0.3, -0.25) is 9.55 Å². The molecular weight excluding hydrogens is 279 g/mol. The Bertz CT molecular complexity index is 727. The van der Waals surface area contributed by atoms with E-state index in [-0.39, 0.29) is 11.7 Å². The number of nitrogens with zero attached hydrogens (tertiary/aromatic N) is 4. The Morgan fingerprint density at radius 3 is 2.75 bits per heavy atom. The molecule has 6 heteroatoms. The van der Waals surface area contributed by atoms with Gasteiger partial charge in [-0.2, -0.15) is 0 Å². The van der Waals surface area contributed by atoms with Crippen LogP contribution in [0.3, 0.4) is 0 Å². The van der Waals surface area contributed by atoms with Crippen LogP contribution in [0.15, 0.2) is 48.8 Å². The van der Waals surface area contributed by atoms with Gasteiger partial charge in [0.25, 0.3) is 0 Å². The maximum absolute atomic E-state index is 13.4. The molecule has 0 N–H and O–H groups in total. The molecule has 1 aromatic carbocycles. The summed E-state index contributed by atoms with van der Waals surface area (Å²) in [6.45, 7) is 0. The highest BCUT2D eigenvalue weighted by Gasteiger charge is 2.15. The number of hydrogen-bond donors (Lipinski definition) is 0. The lowest BCUT2D eigenvalue weighted by Crippen LogP contribution is -2.02. The van der Waals surface area contributed by atoms with Crippen molar-refractivity contribution in [1.29, 1.82) is 0 Å². The first-order valence-corrected chi connectivity index (χ1v) is 6.49. The van der Waals surface area contributed by atoms with E-state index < -0.39 is 0 Å². The molecule has 0 radical (unpaired) electrons. The van der Waals surface area contributed by atoms with Crippen LogP contribution in [-0.2, 0) is 5.88 Å². The van der Waals surface area contributed by atoms with E-state index in [2.05, 4.69) is 15.2 Å². The number of hydrogen-bond acceptors (Lipinski definition) is 3. The summed E-state index contributed by atoms with van der Waals surface area (Å²) in [5, 5.41) is 8.18. The van der Waals surface area contributed by atoms with Crippen molar-refractivity contribution in [2.75, 3.05) is 0 Å². The molecule has 2 aromatic heterocycles. The van der Waals surface area contributed by atoms with Crippen molar-refractivity contribution in [3.8, 4) is 17.1 Å². The molecule has 0 unspecified atom stereocenters. The van der Waals surface area contributed by atoms with Crippen LogP contribution in [0.1, 0.15) is 5.82 Å². The molecule has 4 nitrogen and oxygen atoms in total. The second kappa shape index (κ2) is 5.38. The van der Waals surface area contributed by atoms with E-state index in [0.717, 1.165) is 5.56 Å². The summed E-state index contributed by atoms with van der Waals surface area (Å²) in [6, 6.07) is 9.89. The van der Waals surface area contributed by atoms with Gasteiger partial charge >= 0.3 is 0 Å². The molecule has 100 valence electrons. The van der Waals surface area contributed by atoms with E-state index in [4.69, 9.17) is 11.6 Å². The third-order valence-electron chi connectivity index (χ3n) is 2.84.